The summed E-state index contributed by atoms with van der Waals surface area (Å²) in [4.78, 5) is 6.63. The molecule has 0 saturated carbocycles. The van der Waals surface area contributed by atoms with Crippen LogP contribution in [-0.4, -0.2) is 37.9 Å². The molecule has 3 heterocycles. The van der Waals surface area contributed by atoms with Crippen molar-refractivity contribution in [1.29, 1.82) is 0 Å². The second-order valence-corrected chi connectivity index (χ2v) is 5.48. The molecule has 0 aliphatic carbocycles. The van der Waals surface area contributed by atoms with Gasteiger partial charge in [0.15, 0.2) is 5.69 Å². The highest BCUT2D eigenvalue weighted by atomic mass is 35.5. The molecule has 0 unspecified atom stereocenters. The van der Waals surface area contributed by atoms with Gasteiger partial charge in [0.2, 0.25) is 11.7 Å². The first-order valence-corrected chi connectivity index (χ1v) is 7.35. The lowest BCUT2D eigenvalue weighted by Gasteiger charge is -2.18. The summed E-state index contributed by atoms with van der Waals surface area (Å²) in [5.41, 5.74) is 1.67. The largest absolute Gasteiger partial charge is 0.339 e. The first-order valence-electron chi connectivity index (χ1n) is 6.97. The average molecular weight is 296 g/mol. The topological polar surface area (TPSA) is 60.0 Å². The SMILES string of the molecule is CCCN1CCCn2nc(-c3noc(C)n3)c(Cl)c2C1. The predicted molar refractivity (Wildman–Crippen MR) is 75.5 cm³/mol. The lowest BCUT2D eigenvalue weighted by Crippen LogP contribution is -2.24. The predicted octanol–water partition coefficient (Wildman–Crippen LogP) is 2.51. The van der Waals surface area contributed by atoms with Gasteiger partial charge >= 0.3 is 0 Å². The zero-order valence-corrected chi connectivity index (χ0v) is 12.5. The van der Waals surface area contributed by atoms with Crippen molar-refractivity contribution >= 4 is 11.6 Å². The van der Waals surface area contributed by atoms with Gasteiger partial charge in [-0.15, -0.1) is 0 Å². The van der Waals surface area contributed by atoms with E-state index in [1.54, 1.807) is 6.92 Å². The molecule has 0 aromatic carbocycles. The normalized spacial score (nSPS) is 16.1. The molecule has 2 aromatic heterocycles. The highest BCUT2D eigenvalue weighted by molar-refractivity contribution is 6.33. The van der Waals surface area contributed by atoms with E-state index in [1.807, 2.05) is 4.68 Å². The van der Waals surface area contributed by atoms with Crippen molar-refractivity contribution in [2.24, 2.45) is 0 Å². The molecule has 1 aliphatic rings. The van der Waals surface area contributed by atoms with Gasteiger partial charge < -0.3 is 4.52 Å². The second kappa shape index (κ2) is 5.54. The molecule has 6 nitrogen and oxygen atoms in total. The summed E-state index contributed by atoms with van der Waals surface area (Å²) in [7, 11) is 0. The minimum Gasteiger partial charge on any atom is -0.339 e. The van der Waals surface area contributed by atoms with Gasteiger partial charge in [-0.05, 0) is 19.4 Å². The van der Waals surface area contributed by atoms with E-state index in [0.29, 0.717) is 22.4 Å². The summed E-state index contributed by atoms with van der Waals surface area (Å²) in [6, 6.07) is 0. The maximum absolute atomic E-state index is 6.49. The fourth-order valence-corrected chi connectivity index (χ4v) is 2.87. The van der Waals surface area contributed by atoms with Crippen LogP contribution in [0.15, 0.2) is 4.52 Å². The highest BCUT2D eigenvalue weighted by Crippen LogP contribution is 2.30. The minimum absolute atomic E-state index is 0.468. The summed E-state index contributed by atoms with van der Waals surface area (Å²) in [5.74, 6) is 0.988. The minimum atomic E-state index is 0.468. The van der Waals surface area contributed by atoms with Crippen LogP contribution in [0.2, 0.25) is 5.02 Å². The number of halogens is 1. The first kappa shape index (κ1) is 13.6. The molecule has 3 rings (SSSR count). The monoisotopic (exact) mass is 295 g/mol. The van der Waals surface area contributed by atoms with Gasteiger partial charge in [-0.3, -0.25) is 9.58 Å². The molecular weight excluding hydrogens is 278 g/mol. The Morgan fingerprint density at radius 2 is 2.20 bits per heavy atom. The number of rotatable bonds is 3. The smallest absolute Gasteiger partial charge is 0.224 e. The molecule has 7 heteroatoms. The van der Waals surface area contributed by atoms with Gasteiger partial charge in [-0.1, -0.05) is 23.7 Å². The van der Waals surface area contributed by atoms with Crippen LogP contribution >= 0.6 is 11.6 Å². The zero-order valence-electron chi connectivity index (χ0n) is 11.8. The molecule has 2 aromatic rings. The van der Waals surface area contributed by atoms with E-state index in [9.17, 15) is 0 Å². The summed E-state index contributed by atoms with van der Waals surface area (Å²) in [6.07, 6.45) is 2.22. The number of nitrogens with zero attached hydrogens (tertiary/aromatic N) is 5. The van der Waals surface area contributed by atoms with Crippen LogP contribution in [0.3, 0.4) is 0 Å². The third-order valence-corrected chi connectivity index (χ3v) is 3.89. The molecule has 0 atom stereocenters. The fourth-order valence-electron chi connectivity index (χ4n) is 2.59. The Kier molecular flexibility index (Phi) is 3.76. The van der Waals surface area contributed by atoms with Crippen molar-refractivity contribution in [2.45, 2.75) is 39.8 Å². The summed E-state index contributed by atoms with van der Waals surface area (Å²) >= 11 is 6.49. The molecule has 0 spiro atoms. The van der Waals surface area contributed by atoms with Crippen LogP contribution in [0.1, 0.15) is 31.4 Å². The van der Waals surface area contributed by atoms with Crippen LogP contribution in [0, 0.1) is 6.92 Å². The van der Waals surface area contributed by atoms with Gasteiger partial charge in [0, 0.05) is 26.6 Å². The van der Waals surface area contributed by atoms with Gasteiger partial charge in [0.1, 0.15) is 0 Å². The van der Waals surface area contributed by atoms with Crippen LogP contribution in [-0.2, 0) is 13.1 Å². The van der Waals surface area contributed by atoms with E-state index in [4.69, 9.17) is 16.1 Å². The molecule has 0 amide bonds. The Balaban J connectivity index is 1.95. The Hall–Kier alpha value is -1.40. The van der Waals surface area contributed by atoms with Crippen molar-refractivity contribution in [3.8, 4) is 11.5 Å². The number of hydrogen-bond donors (Lipinski definition) is 0. The van der Waals surface area contributed by atoms with Crippen LogP contribution in [0.25, 0.3) is 11.5 Å². The number of aromatic nitrogens is 4. The Morgan fingerprint density at radius 3 is 2.90 bits per heavy atom. The third kappa shape index (κ3) is 2.45. The highest BCUT2D eigenvalue weighted by Gasteiger charge is 2.24. The maximum atomic E-state index is 6.49. The Labute approximate surface area is 122 Å². The molecule has 0 radical (unpaired) electrons. The molecule has 0 bridgehead atoms. The van der Waals surface area contributed by atoms with Crippen molar-refractivity contribution in [3.63, 3.8) is 0 Å². The van der Waals surface area contributed by atoms with Crippen molar-refractivity contribution < 1.29 is 4.52 Å². The van der Waals surface area contributed by atoms with Crippen LogP contribution in [0.5, 0.6) is 0 Å². The van der Waals surface area contributed by atoms with E-state index in [0.717, 1.165) is 44.7 Å². The number of hydrogen-bond acceptors (Lipinski definition) is 5. The molecule has 0 saturated heterocycles. The van der Waals surface area contributed by atoms with Gasteiger partial charge in [0.25, 0.3) is 0 Å². The molecule has 1 aliphatic heterocycles. The van der Waals surface area contributed by atoms with Crippen molar-refractivity contribution in [2.75, 3.05) is 13.1 Å². The molecule has 0 N–H and O–H groups in total. The third-order valence-electron chi connectivity index (χ3n) is 3.49. The van der Waals surface area contributed by atoms with Gasteiger partial charge in [-0.2, -0.15) is 10.1 Å². The molecule has 108 valence electrons. The summed E-state index contributed by atoms with van der Waals surface area (Å²) in [5, 5.41) is 9.12. The zero-order chi connectivity index (χ0) is 14.1. The maximum Gasteiger partial charge on any atom is 0.224 e. The Morgan fingerprint density at radius 1 is 1.35 bits per heavy atom. The lowest BCUT2D eigenvalue weighted by molar-refractivity contribution is 0.270. The molecule has 20 heavy (non-hydrogen) atoms. The van der Waals surface area contributed by atoms with E-state index in [-0.39, 0.29) is 0 Å². The molecule has 0 fully saturated rings. The van der Waals surface area contributed by atoms with E-state index in [1.165, 1.54) is 0 Å². The summed E-state index contributed by atoms with van der Waals surface area (Å²) < 4.78 is 7.00. The van der Waals surface area contributed by atoms with E-state index >= 15 is 0 Å². The molecular formula is C13H18ClN5O. The van der Waals surface area contributed by atoms with Crippen LogP contribution in [0.4, 0.5) is 0 Å². The number of aryl methyl sites for hydroxylation is 2. The van der Waals surface area contributed by atoms with E-state index in [2.05, 4.69) is 27.1 Å². The fraction of sp³-hybridized carbons (Fsp3) is 0.615. The van der Waals surface area contributed by atoms with Gasteiger partial charge in [-0.25, -0.2) is 0 Å². The Bertz CT molecular complexity index is 606. The van der Waals surface area contributed by atoms with Crippen molar-refractivity contribution in [1.82, 2.24) is 24.8 Å². The first-order chi connectivity index (χ1) is 9.69. The lowest BCUT2D eigenvalue weighted by atomic mass is 10.3. The second-order valence-electron chi connectivity index (χ2n) is 5.10. The van der Waals surface area contributed by atoms with Crippen LogP contribution < -0.4 is 0 Å². The standard InChI is InChI=1S/C13H18ClN5O/c1-3-5-18-6-4-7-19-10(8-18)11(14)12(16-19)13-15-9(2)20-17-13/h3-8H2,1-2H3. The average Bonchev–Trinajstić information content (AvgIpc) is 2.90. The van der Waals surface area contributed by atoms with Gasteiger partial charge in [0.05, 0.1) is 10.7 Å². The van der Waals surface area contributed by atoms with Crippen molar-refractivity contribution in [3.05, 3.63) is 16.6 Å². The summed E-state index contributed by atoms with van der Waals surface area (Å²) in [6.45, 7) is 7.83. The van der Waals surface area contributed by atoms with E-state index < -0.39 is 0 Å². The quantitative estimate of drug-likeness (QED) is 0.871. The number of fused-ring (bicyclic) bond motifs is 1.